The van der Waals surface area contributed by atoms with Gasteiger partial charge in [0, 0.05) is 12.1 Å². The first kappa shape index (κ1) is 17.3. The Morgan fingerprint density at radius 1 is 0.630 bits per heavy atom. The van der Waals surface area contributed by atoms with Gasteiger partial charge in [-0.25, -0.2) is 0 Å². The lowest BCUT2D eigenvalue weighted by Gasteiger charge is -2.03. The Morgan fingerprint density at radius 2 is 1.00 bits per heavy atom. The van der Waals surface area contributed by atoms with Crippen molar-refractivity contribution in [1.29, 1.82) is 0 Å². The first-order valence-electron chi connectivity index (χ1n) is 6.78. The van der Waals surface area contributed by atoms with Gasteiger partial charge < -0.3 is 4.42 Å². The molecule has 0 unspecified atom stereocenters. The van der Waals surface area contributed by atoms with Crippen molar-refractivity contribution >= 4 is 44.7 Å². The van der Waals surface area contributed by atoms with Crippen molar-refractivity contribution in [3.05, 3.63) is 74.9 Å². The summed E-state index contributed by atoms with van der Waals surface area (Å²) in [6.45, 7) is 0. The van der Waals surface area contributed by atoms with Gasteiger partial charge in [-0.2, -0.15) is 0 Å². The summed E-state index contributed by atoms with van der Waals surface area (Å²) in [6, 6.07) is 2.46. The molecule has 0 aliphatic heterocycles. The highest BCUT2D eigenvalue weighted by atomic mass is 16.6. The maximum atomic E-state index is 12.6. The van der Waals surface area contributed by atoms with Crippen molar-refractivity contribution in [1.82, 2.24) is 0 Å². The van der Waals surface area contributed by atoms with Crippen molar-refractivity contribution in [2.24, 2.45) is 0 Å². The zero-order chi connectivity index (χ0) is 20.0. The molecule has 0 aliphatic carbocycles. The number of nitro groups is 4. The SMILES string of the molecule is O=c1c2cc([N+](=O)[O-])cc([N+](=O)[O-])c2oc2c([N+](=O)[O-])cc([N+](=O)[O-])cc12. The van der Waals surface area contributed by atoms with E-state index >= 15 is 0 Å². The molecule has 2 aromatic carbocycles. The summed E-state index contributed by atoms with van der Waals surface area (Å²) in [6.07, 6.45) is 0. The van der Waals surface area contributed by atoms with Crippen molar-refractivity contribution in [2.45, 2.75) is 0 Å². The number of hydrogen-bond acceptors (Lipinski definition) is 10. The third-order valence-electron chi connectivity index (χ3n) is 3.62. The summed E-state index contributed by atoms with van der Waals surface area (Å²) in [7, 11) is 0. The van der Waals surface area contributed by atoms with Crippen LogP contribution in [-0.2, 0) is 0 Å². The van der Waals surface area contributed by atoms with E-state index in [9.17, 15) is 45.3 Å². The van der Waals surface area contributed by atoms with Crippen LogP contribution in [0.2, 0.25) is 0 Å². The summed E-state index contributed by atoms with van der Waals surface area (Å²) in [5, 5.41) is 43.1. The largest absolute Gasteiger partial charge is 0.441 e. The van der Waals surface area contributed by atoms with Crippen LogP contribution in [0.25, 0.3) is 21.9 Å². The fourth-order valence-electron chi connectivity index (χ4n) is 2.48. The van der Waals surface area contributed by atoms with Crippen molar-refractivity contribution < 1.29 is 24.1 Å². The molecule has 1 heterocycles. The molecule has 0 fully saturated rings. The van der Waals surface area contributed by atoms with E-state index in [0.29, 0.717) is 24.3 Å². The monoisotopic (exact) mass is 376 g/mol. The van der Waals surface area contributed by atoms with E-state index in [1.54, 1.807) is 0 Å². The summed E-state index contributed by atoms with van der Waals surface area (Å²) in [4.78, 5) is 52.9. The Hall–Kier alpha value is -4.49. The van der Waals surface area contributed by atoms with Crippen LogP contribution in [-0.4, -0.2) is 19.7 Å². The second-order valence-corrected chi connectivity index (χ2v) is 5.14. The fraction of sp³-hybridized carbons (Fsp3) is 0. The molecule has 0 saturated carbocycles. The van der Waals surface area contributed by atoms with Gasteiger partial charge in [0.25, 0.3) is 11.4 Å². The summed E-state index contributed by atoms with van der Waals surface area (Å²) in [5.74, 6) is 0. The topological polar surface area (TPSA) is 203 Å². The predicted molar refractivity (Wildman–Crippen MR) is 86.6 cm³/mol. The van der Waals surface area contributed by atoms with Gasteiger partial charge >= 0.3 is 11.4 Å². The number of hydrogen-bond donors (Lipinski definition) is 0. The summed E-state index contributed by atoms with van der Waals surface area (Å²) >= 11 is 0. The molecule has 0 aliphatic rings. The number of fused-ring (bicyclic) bond motifs is 2. The number of rotatable bonds is 4. The first-order chi connectivity index (χ1) is 12.6. The van der Waals surface area contributed by atoms with Crippen molar-refractivity contribution in [2.75, 3.05) is 0 Å². The number of non-ortho nitro benzene ring substituents is 4. The zero-order valence-corrected chi connectivity index (χ0v) is 12.7. The van der Waals surface area contributed by atoms with E-state index in [0.717, 1.165) is 0 Å². The highest BCUT2D eigenvalue weighted by molar-refractivity contribution is 5.98. The van der Waals surface area contributed by atoms with E-state index in [-0.39, 0.29) is 0 Å². The minimum absolute atomic E-state index is 0.536. The molecule has 0 bridgehead atoms. The molecule has 136 valence electrons. The second kappa shape index (κ2) is 5.80. The Labute approximate surface area is 144 Å². The van der Waals surface area contributed by atoms with E-state index < -0.39 is 69.8 Å². The van der Waals surface area contributed by atoms with Crippen LogP contribution < -0.4 is 5.43 Å². The van der Waals surface area contributed by atoms with Crippen LogP contribution in [0.15, 0.2) is 33.5 Å². The van der Waals surface area contributed by atoms with Gasteiger partial charge in [-0.1, -0.05) is 0 Å². The van der Waals surface area contributed by atoms with Crippen LogP contribution >= 0.6 is 0 Å². The van der Waals surface area contributed by atoms with Crippen molar-refractivity contribution in [3.63, 3.8) is 0 Å². The molecule has 27 heavy (non-hydrogen) atoms. The fourth-order valence-corrected chi connectivity index (χ4v) is 2.48. The normalized spacial score (nSPS) is 10.8. The molecule has 0 amide bonds. The highest BCUT2D eigenvalue weighted by Gasteiger charge is 2.29. The van der Waals surface area contributed by atoms with Gasteiger partial charge in [0.05, 0.1) is 42.6 Å². The maximum Gasteiger partial charge on any atom is 0.319 e. The van der Waals surface area contributed by atoms with E-state index in [1.165, 1.54) is 0 Å². The lowest BCUT2D eigenvalue weighted by molar-refractivity contribution is -0.393. The summed E-state index contributed by atoms with van der Waals surface area (Å²) in [5.41, 5.74) is -6.05. The molecule has 3 rings (SSSR count). The van der Waals surface area contributed by atoms with Gasteiger partial charge in [-0.15, -0.1) is 0 Å². The van der Waals surface area contributed by atoms with Gasteiger partial charge in [0.15, 0.2) is 0 Å². The summed E-state index contributed by atoms with van der Waals surface area (Å²) < 4.78 is 5.15. The third-order valence-corrected chi connectivity index (χ3v) is 3.62. The molecule has 0 atom stereocenters. The van der Waals surface area contributed by atoms with E-state index in [1.807, 2.05) is 0 Å². The average Bonchev–Trinajstić information content (AvgIpc) is 2.59. The molecule has 0 spiro atoms. The minimum atomic E-state index is -1.12. The van der Waals surface area contributed by atoms with Gasteiger partial charge in [-0.05, 0) is 0 Å². The quantitative estimate of drug-likeness (QED) is 0.369. The Balaban J connectivity index is 2.62. The van der Waals surface area contributed by atoms with Crippen LogP contribution in [0.3, 0.4) is 0 Å². The Morgan fingerprint density at radius 3 is 1.30 bits per heavy atom. The average molecular weight is 376 g/mol. The van der Waals surface area contributed by atoms with Crippen LogP contribution in [0.4, 0.5) is 22.7 Å². The van der Waals surface area contributed by atoms with Gasteiger partial charge in [0.2, 0.25) is 16.6 Å². The second-order valence-electron chi connectivity index (χ2n) is 5.14. The van der Waals surface area contributed by atoms with E-state index in [4.69, 9.17) is 4.42 Å². The molecular formula is C13H4N4O10. The number of nitrogens with zero attached hydrogens (tertiary/aromatic N) is 4. The standard InChI is InChI=1S/C13H4N4O10/c18-11-7-1-5(14(19)20)3-9(16(23)24)12(7)27-13-8(11)2-6(15(21)22)4-10(13)17(25)26/h1-4H. The van der Waals surface area contributed by atoms with Crippen LogP contribution in [0, 0.1) is 40.5 Å². The first-order valence-corrected chi connectivity index (χ1v) is 6.78. The lowest BCUT2D eigenvalue weighted by Crippen LogP contribution is -2.07. The molecule has 1 aromatic heterocycles. The molecular weight excluding hydrogens is 372 g/mol. The minimum Gasteiger partial charge on any atom is -0.441 e. The molecule has 14 nitrogen and oxygen atoms in total. The third kappa shape index (κ3) is 2.66. The molecule has 0 radical (unpaired) electrons. The number of benzene rings is 2. The van der Waals surface area contributed by atoms with Crippen LogP contribution in [0.1, 0.15) is 0 Å². The molecule has 14 heteroatoms. The van der Waals surface area contributed by atoms with Crippen LogP contribution in [0.5, 0.6) is 0 Å². The Bertz CT molecular complexity index is 1170. The molecule has 0 N–H and O–H groups in total. The maximum absolute atomic E-state index is 12.6. The lowest BCUT2D eigenvalue weighted by atomic mass is 10.1. The zero-order valence-electron chi connectivity index (χ0n) is 12.7. The van der Waals surface area contributed by atoms with Crippen molar-refractivity contribution in [3.8, 4) is 0 Å². The van der Waals surface area contributed by atoms with Gasteiger partial charge in [-0.3, -0.25) is 45.3 Å². The molecule has 3 aromatic rings. The predicted octanol–water partition coefficient (Wildman–Crippen LogP) is 2.58. The smallest absolute Gasteiger partial charge is 0.319 e. The molecule has 0 saturated heterocycles. The number of nitro benzene ring substituents is 4. The highest BCUT2D eigenvalue weighted by Crippen LogP contribution is 2.36. The van der Waals surface area contributed by atoms with E-state index in [2.05, 4.69) is 0 Å². The van der Waals surface area contributed by atoms with Gasteiger partial charge in [0.1, 0.15) is 0 Å². The Kier molecular flexibility index (Phi) is 3.72.